The average Bonchev–Trinajstić information content (AvgIpc) is 2.28. The molecular weight excluding hydrogens is 250 g/mol. The smallest absolute Gasteiger partial charge is 0.240 e. The van der Waals surface area contributed by atoms with Crippen LogP contribution in [0, 0.1) is 12.8 Å². The Morgan fingerprint density at radius 3 is 2.22 bits per heavy atom. The maximum atomic E-state index is 12.1. The molecule has 18 heavy (non-hydrogen) atoms. The molecule has 1 rings (SSSR count). The van der Waals surface area contributed by atoms with Crippen molar-refractivity contribution in [1.29, 1.82) is 0 Å². The molecule has 0 unspecified atom stereocenters. The molecule has 4 nitrogen and oxygen atoms in total. The number of aliphatic hydroxyl groups is 1. The first-order valence-corrected chi connectivity index (χ1v) is 7.55. The second-order valence-electron chi connectivity index (χ2n) is 4.80. The van der Waals surface area contributed by atoms with Gasteiger partial charge in [-0.25, -0.2) is 13.1 Å². The van der Waals surface area contributed by atoms with Crippen molar-refractivity contribution >= 4 is 10.0 Å². The van der Waals surface area contributed by atoms with Gasteiger partial charge >= 0.3 is 0 Å². The zero-order chi connectivity index (χ0) is 13.8. The summed E-state index contributed by atoms with van der Waals surface area (Å²) in [4.78, 5) is 0.261. The van der Waals surface area contributed by atoms with Crippen LogP contribution in [-0.2, 0) is 10.0 Å². The van der Waals surface area contributed by atoms with Gasteiger partial charge in [-0.05, 0) is 31.4 Å². The molecule has 0 radical (unpaired) electrons. The molecule has 0 spiro atoms. The lowest BCUT2D eigenvalue weighted by molar-refractivity contribution is 0.256. The Morgan fingerprint density at radius 1 is 1.22 bits per heavy atom. The highest BCUT2D eigenvalue weighted by atomic mass is 32.2. The second kappa shape index (κ2) is 6.31. The lowest BCUT2D eigenvalue weighted by Gasteiger charge is -2.21. The van der Waals surface area contributed by atoms with Crippen molar-refractivity contribution in [2.45, 2.75) is 38.1 Å². The van der Waals surface area contributed by atoms with Gasteiger partial charge in [-0.1, -0.05) is 31.5 Å². The third-order valence-corrected chi connectivity index (χ3v) is 4.39. The molecule has 0 aromatic heterocycles. The third kappa shape index (κ3) is 4.08. The minimum Gasteiger partial charge on any atom is -0.396 e. The molecule has 0 bridgehead atoms. The minimum absolute atomic E-state index is 0.0285. The number of rotatable bonds is 6. The Morgan fingerprint density at radius 2 is 1.78 bits per heavy atom. The van der Waals surface area contributed by atoms with E-state index >= 15 is 0 Å². The molecule has 0 fully saturated rings. The molecule has 0 aliphatic carbocycles. The summed E-state index contributed by atoms with van der Waals surface area (Å²) in [7, 11) is -3.50. The fourth-order valence-electron chi connectivity index (χ4n) is 1.65. The molecule has 0 amide bonds. The van der Waals surface area contributed by atoms with Gasteiger partial charge in [-0.15, -0.1) is 0 Å². The van der Waals surface area contributed by atoms with Gasteiger partial charge in [0.1, 0.15) is 0 Å². The molecule has 5 heteroatoms. The monoisotopic (exact) mass is 271 g/mol. The summed E-state index contributed by atoms with van der Waals surface area (Å²) in [5.74, 6) is 0.136. The predicted molar refractivity (Wildman–Crippen MR) is 71.8 cm³/mol. The summed E-state index contributed by atoms with van der Waals surface area (Å²) in [5.41, 5.74) is 1.02. The van der Waals surface area contributed by atoms with Gasteiger partial charge in [-0.3, -0.25) is 0 Å². The summed E-state index contributed by atoms with van der Waals surface area (Å²) in [6.45, 7) is 5.74. The highest BCUT2D eigenvalue weighted by Crippen LogP contribution is 2.14. The molecule has 0 saturated heterocycles. The topological polar surface area (TPSA) is 66.4 Å². The van der Waals surface area contributed by atoms with E-state index in [1.54, 1.807) is 24.3 Å². The van der Waals surface area contributed by atoms with Gasteiger partial charge in [0.2, 0.25) is 10.0 Å². The van der Waals surface area contributed by atoms with Crippen molar-refractivity contribution in [3.63, 3.8) is 0 Å². The van der Waals surface area contributed by atoms with Crippen LogP contribution in [0.4, 0.5) is 0 Å². The van der Waals surface area contributed by atoms with Gasteiger partial charge in [0.05, 0.1) is 4.90 Å². The van der Waals surface area contributed by atoms with E-state index in [-0.39, 0.29) is 23.5 Å². The van der Waals surface area contributed by atoms with E-state index in [4.69, 9.17) is 5.11 Å². The Hall–Kier alpha value is -0.910. The van der Waals surface area contributed by atoms with Gasteiger partial charge in [0.15, 0.2) is 0 Å². The van der Waals surface area contributed by atoms with E-state index in [0.29, 0.717) is 6.42 Å². The van der Waals surface area contributed by atoms with Crippen LogP contribution in [0.1, 0.15) is 25.8 Å². The molecule has 102 valence electrons. The molecular formula is C13H21NO3S. The van der Waals surface area contributed by atoms with Crippen molar-refractivity contribution in [2.75, 3.05) is 6.61 Å². The third-order valence-electron chi connectivity index (χ3n) is 2.88. The number of aryl methyl sites for hydroxylation is 1. The number of aliphatic hydroxyl groups excluding tert-OH is 1. The van der Waals surface area contributed by atoms with Gasteiger partial charge < -0.3 is 5.11 Å². The van der Waals surface area contributed by atoms with Crippen LogP contribution in [0.25, 0.3) is 0 Å². The van der Waals surface area contributed by atoms with Crippen molar-refractivity contribution in [3.8, 4) is 0 Å². The fourth-order valence-corrected chi connectivity index (χ4v) is 3.07. The maximum absolute atomic E-state index is 12.1. The predicted octanol–water partition coefficient (Wildman–Crippen LogP) is 1.68. The van der Waals surface area contributed by atoms with E-state index in [1.165, 1.54) is 0 Å². The zero-order valence-corrected chi connectivity index (χ0v) is 11.9. The molecule has 1 atom stereocenters. The van der Waals surface area contributed by atoms with Crippen LogP contribution in [0.5, 0.6) is 0 Å². The lowest BCUT2D eigenvalue weighted by atomic mass is 10.0. The van der Waals surface area contributed by atoms with Crippen LogP contribution in [-0.4, -0.2) is 26.2 Å². The van der Waals surface area contributed by atoms with Crippen LogP contribution >= 0.6 is 0 Å². The van der Waals surface area contributed by atoms with E-state index in [9.17, 15) is 8.42 Å². The molecule has 1 aromatic rings. The van der Waals surface area contributed by atoms with Crippen molar-refractivity contribution in [1.82, 2.24) is 4.72 Å². The number of hydrogen-bond donors (Lipinski definition) is 2. The molecule has 0 saturated carbocycles. The molecule has 0 aliphatic heterocycles. The molecule has 1 aromatic carbocycles. The quantitative estimate of drug-likeness (QED) is 0.827. The van der Waals surface area contributed by atoms with Crippen molar-refractivity contribution in [2.24, 2.45) is 5.92 Å². The standard InChI is InChI=1S/C13H21NO3S/c1-10(2)13(8-9-15)14-18(16,17)12-6-4-11(3)5-7-12/h4-7,10,13-15H,8-9H2,1-3H3/t13-/m1/s1. The summed E-state index contributed by atoms with van der Waals surface area (Å²) in [5, 5.41) is 8.95. The first kappa shape index (κ1) is 15.1. The lowest BCUT2D eigenvalue weighted by Crippen LogP contribution is -2.39. The largest absolute Gasteiger partial charge is 0.396 e. The van der Waals surface area contributed by atoms with E-state index < -0.39 is 10.0 Å². The number of benzene rings is 1. The molecule has 0 heterocycles. The maximum Gasteiger partial charge on any atom is 0.240 e. The molecule has 2 N–H and O–H groups in total. The Bertz CT molecular complexity index is 466. The number of sulfonamides is 1. The van der Waals surface area contributed by atoms with Gasteiger partial charge in [-0.2, -0.15) is 0 Å². The van der Waals surface area contributed by atoms with E-state index in [1.807, 2.05) is 20.8 Å². The summed E-state index contributed by atoms with van der Waals surface area (Å²) in [6, 6.07) is 6.47. The Labute approximate surface area is 109 Å². The summed E-state index contributed by atoms with van der Waals surface area (Å²) >= 11 is 0. The van der Waals surface area contributed by atoms with E-state index in [0.717, 1.165) is 5.56 Å². The summed E-state index contributed by atoms with van der Waals surface area (Å²) < 4.78 is 26.9. The first-order valence-electron chi connectivity index (χ1n) is 6.06. The van der Waals surface area contributed by atoms with Crippen LogP contribution in [0.15, 0.2) is 29.2 Å². The van der Waals surface area contributed by atoms with Gasteiger partial charge in [0, 0.05) is 12.6 Å². The normalized spacial score (nSPS) is 13.8. The average molecular weight is 271 g/mol. The zero-order valence-electron chi connectivity index (χ0n) is 11.1. The highest BCUT2D eigenvalue weighted by Gasteiger charge is 2.21. The Kier molecular flexibility index (Phi) is 5.31. The van der Waals surface area contributed by atoms with Crippen molar-refractivity contribution in [3.05, 3.63) is 29.8 Å². The number of nitrogens with one attached hydrogen (secondary N) is 1. The minimum atomic E-state index is -3.50. The Balaban J connectivity index is 2.89. The SMILES string of the molecule is Cc1ccc(S(=O)(=O)N[C@H](CCO)C(C)C)cc1. The van der Waals surface area contributed by atoms with Crippen LogP contribution in [0.2, 0.25) is 0 Å². The van der Waals surface area contributed by atoms with Crippen molar-refractivity contribution < 1.29 is 13.5 Å². The molecule has 0 aliphatic rings. The fraction of sp³-hybridized carbons (Fsp3) is 0.538. The first-order chi connectivity index (χ1) is 8.36. The second-order valence-corrected chi connectivity index (χ2v) is 6.51. The van der Waals surface area contributed by atoms with E-state index in [2.05, 4.69) is 4.72 Å². The number of hydrogen-bond acceptors (Lipinski definition) is 3. The summed E-state index contributed by atoms with van der Waals surface area (Å²) in [6.07, 6.45) is 0.419. The van der Waals surface area contributed by atoms with Crippen LogP contribution in [0.3, 0.4) is 0 Å². The van der Waals surface area contributed by atoms with Gasteiger partial charge in [0.25, 0.3) is 0 Å². The van der Waals surface area contributed by atoms with Crippen LogP contribution < -0.4 is 4.72 Å². The highest BCUT2D eigenvalue weighted by molar-refractivity contribution is 7.89.